The summed E-state index contributed by atoms with van der Waals surface area (Å²) in [6.45, 7) is 3.82. The van der Waals surface area contributed by atoms with Crippen molar-refractivity contribution in [1.82, 2.24) is 0 Å². The Labute approximate surface area is 63.3 Å². The van der Waals surface area contributed by atoms with Gasteiger partial charge in [-0.15, -0.1) is 6.58 Å². The molecule has 0 heterocycles. The number of rotatable bonds is 2. The average Bonchev–Trinajstić information content (AvgIpc) is 2.50. The van der Waals surface area contributed by atoms with E-state index >= 15 is 0 Å². The second kappa shape index (κ2) is 2.41. The van der Waals surface area contributed by atoms with Crippen LogP contribution < -0.4 is 0 Å². The zero-order valence-electron chi connectivity index (χ0n) is 6.55. The van der Waals surface area contributed by atoms with Crippen LogP contribution >= 0.6 is 0 Å². The van der Waals surface area contributed by atoms with Gasteiger partial charge in [0.1, 0.15) is 0 Å². The van der Waals surface area contributed by atoms with Gasteiger partial charge in [-0.25, -0.2) is 0 Å². The van der Waals surface area contributed by atoms with Crippen LogP contribution in [-0.2, 0) is 0 Å². The molecular weight excluding hydrogens is 120 g/mol. The minimum Gasteiger partial charge on any atom is -0.103 e. The van der Waals surface area contributed by atoms with Crippen molar-refractivity contribution in [2.24, 2.45) is 17.8 Å². The standard InChI is InChI=1S/C10H16/c1-2-3-10-8-4-5-9(10)7-6-8/h2,8-10H,1,3-7H2. The van der Waals surface area contributed by atoms with Gasteiger partial charge in [-0.3, -0.25) is 0 Å². The lowest BCUT2D eigenvalue weighted by Gasteiger charge is -2.11. The summed E-state index contributed by atoms with van der Waals surface area (Å²) >= 11 is 0. The molecule has 2 rings (SSSR count). The van der Waals surface area contributed by atoms with E-state index in [0.29, 0.717) is 0 Å². The fourth-order valence-corrected chi connectivity index (χ4v) is 2.96. The Morgan fingerprint density at radius 3 is 2.00 bits per heavy atom. The fourth-order valence-electron chi connectivity index (χ4n) is 2.96. The maximum atomic E-state index is 3.82. The molecule has 0 nitrogen and oxygen atoms in total. The number of hydrogen-bond donors (Lipinski definition) is 0. The molecule has 0 aromatic heterocycles. The zero-order chi connectivity index (χ0) is 6.97. The molecule has 0 amide bonds. The van der Waals surface area contributed by atoms with E-state index < -0.39 is 0 Å². The van der Waals surface area contributed by atoms with E-state index in [9.17, 15) is 0 Å². The van der Waals surface area contributed by atoms with E-state index in [4.69, 9.17) is 0 Å². The van der Waals surface area contributed by atoms with Crippen LogP contribution in [0.4, 0.5) is 0 Å². The summed E-state index contributed by atoms with van der Waals surface area (Å²) in [5, 5.41) is 0. The minimum absolute atomic E-state index is 1.04. The van der Waals surface area contributed by atoms with Crippen LogP contribution in [0.1, 0.15) is 32.1 Å². The van der Waals surface area contributed by atoms with Gasteiger partial charge in [0.25, 0.3) is 0 Å². The van der Waals surface area contributed by atoms with Gasteiger partial charge in [-0.2, -0.15) is 0 Å². The van der Waals surface area contributed by atoms with Crippen molar-refractivity contribution in [3.05, 3.63) is 12.7 Å². The molecule has 2 bridgehead atoms. The molecule has 2 aliphatic carbocycles. The number of hydrogen-bond acceptors (Lipinski definition) is 0. The number of fused-ring (bicyclic) bond motifs is 2. The summed E-state index contributed by atoms with van der Waals surface area (Å²) in [5.74, 6) is 3.21. The predicted molar refractivity (Wildman–Crippen MR) is 43.8 cm³/mol. The van der Waals surface area contributed by atoms with Gasteiger partial charge in [0.15, 0.2) is 0 Å². The average molecular weight is 136 g/mol. The Hall–Kier alpha value is -0.260. The SMILES string of the molecule is C=CCC1C2CCC1CC2. The Morgan fingerprint density at radius 2 is 1.60 bits per heavy atom. The molecule has 56 valence electrons. The van der Waals surface area contributed by atoms with Crippen molar-refractivity contribution in [3.63, 3.8) is 0 Å². The lowest BCUT2D eigenvalue weighted by molar-refractivity contribution is 0.411. The van der Waals surface area contributed by atoms with Gasteiger partial charge < -0.3 is 0 Å². The van der Waals surface area contributed by atoms with Crippen LogP contribution in [-0.4, -0.2) is 0 Å². The highest BCUT2D eigenvalue weighted by molar-refractivity contribution is 4.94. The minimum atomic E-state index is 1.04. The molecule has 0 N–H and O–H groups in total. The van der Waals surface area contributed by atoms with Crippen LogP contribution in [0.5, 0.6) is 0 Å². The quantitative estimate of drug-likeness (QED) is 0.512. The molecule has 0 aliphatic heterocycles. The van der Waals surface area contributed by atoms with Gasteiger partial charge in [0, 0.05) is 0 Å². The first kappa shape index (κ1) is 6.45. The second-order valence-electron chi connectivity index (χ2n) is 3.86. The highest BCUT2D eigenvalue weighted by Crippen LogP contribution is 2.50. The molecule has 0 aromatic carbocycles. The summed E-state index contributed by atoms with van der Waals surface area (Å²) in [5.41, 5.74) is 0. The van der Waals surface area contributed by atoms with E-state index in [1.165, 1.54) is 32.1 Å². The van der Waals surface area contributed by atoms with Gasteiger partial charge in [-0.1, -0.05) is 6.08 Å². The van der Waals surface area contributed by atoms with Crippen LogP contribution in [0.15, 0.2) is 12.7 Å². The first-order valence-corrected chi connectivity index (χ1v) is 4.52. The van der Waals surface area contributed by atoms with E-state index in [1.807, 2.05) is 0 Å². The summed E-state index contributed by atoms with van der Waals surface area (Å²) in [7, 11) is 0. The predicted octanol–water partition coefficient (Wildman–Crippen LogP) is 3.00. The maximum absolute atomic E-state index is 3.82. The third-order valence-corrected chi connectivity index (χ3v) is 3.47. The highest BCUT2D eigenvalue weighted by atomic mass is 14.4. The Morgan fingerprint density at radius 1 is 1.10 bits per heavy atom. The molecule has 0 atom stereocenters. The van der Waals surface area contributed by atoms with Gasteiger partial charge >= 0.3 is 0 Å². The molecule has 0 heteroatoms. The molecule has 0 unspecified atom stereocenters. The first-order chi connectivity index (χ1) is 4.92. The first-order valence-electron chi connectivity index (χ1n) is 4.52. The fraction of sp³-hybridized carbons (Fsp3) is 0.800. The van der Waals surface area contributed by atoms with Crippen LogP contribution in [0.25, 0.3) is 0 Å². The lowest BCUT2D eigenvalue weighted by Crippen LogP contribution is -2.03. The molecule has 0 radical (unpaired) electrons. The molecule has 0 saturated heterocycles. The largest absolute Gasteiger partial charge is 0.103 e. The molecule has 2 aliphatic rings. The Kier molecular flexibility index (Phi) is 1.55. The number of allylic oxidation sites excluding steroid dienone is 1. The zero-order valence-corrected chi connectivity index (χ0v) is 6.55. The monoisotopic (exact) mass is 136 g/mol. The molecule has 0 spiro atoms. The van der Waals surface area contributed by atoms with Crippen molar-refractivity contribution in [2.45, 2.75) is 32.1 Å². The summed E-state index contributed by atoms with van der Waals surface area (Å²) in [4.78, 5) is 0. The molecular formula is C10H16. The van der Waals surface area contributed by atoms with Gasteiger partial charge in [0.2, 0.25) is 0 Å². The molecule has 0 aromatic rings. The second-order valence-corrected chi connectivity index (χ2v) is 3.86. The van der Waals surface area contributed by atoms with Gasteiger partial charge in [-0.05, 0) is 49.9 Å². The van der Waals surface area contributed by atoms with E-state index in [-0.39, 0.29) is 0 Å². The van der Waals surface area contributed by atoms with E-state index in [0.717, 1.165) is 17.8 Å². The smallest absolute Gasteiger partial charge is 0.0320 e. The van der Waals surface area contributed by atoms with Crippen LogP contribution in [0.2, 0.25) is 0 Å². The van der Waals surface area contributed by atoms with E-state index in [1.54, 1.807) is 0 Å². The van der Waals surface area contributed by atoms with Crippen molar-refractivity contribution in [3.8, 4) is 0 Å². The van der Waals surface area contributed by atoms with Gasteiger partial charge in [0.05, 0.1) is 0 Å². The molecule has 2 saturated carbocycles. The third-order valence-electron chi connectivity index (χ3n) is 3.47. The van der Waals surface area contributed by atoms with E-state index in [2.05, 4.69) is 12.7 Å². The molecule has 10 heavy (non-hydrogen) atoms. The normalized spacial score (nSPS) is 44.2. The third kappa shape index (κ3) is 0.817. The topological polar surface area (TPSA) is 0 Å². The maximum Gasteiger partial charge on any atom is -0.0320 e. The Bertz CT molecular complexity index is 117. The van der Waals surface area contributed by atoms with Crippen molar-refractivity contribution in [1.29, 1.82) is 0 Å². The van der Waals surface area contributed by atoms with Crippen molar-refractivity contribution in [2.75, 3.05) is 0 Å². The van der Waals surface area contributed by atoms with Crippen LogP contribution in [0, 0.1) is 17.8 Å². The lowest BCUT2D eigenvalue weighted by atomic mass is 9.94. The Balaban J connectivity index is 2.02. The summed E-state index contributed by atoms with van der Waals surface area (Å²) in [6.07, 6.45) is 9.47. The molecule has 2 fully saturated rings. The van der Waals surface area contributed by atoms with Crippen molar-refractivity contribution < 1.29 is 0 Å². The summed E-state index contributed by atoms with van der Waals surface area (Å²) in [6, 6.07) is 0. The van der Waals surface area contributed by atoms with Crippen molar-refractivity contribution >= 4 is 0 Å². The van der Waals surface area contributed by atoms with Crippen LogP contribution in [0.3, 0.4) is 0 Å². The summed E-state index contributed by atoms with van der Waals surface area (Å²) < 4.78 is 0. The highest BCUT2D eigenvalue weighted by Gasteiger charge is 2.40.